The third-order valence-corrected chi connectivity index (χ3v) is 2.91. The van der Waals surface area contributed by atoms with Gasteiger partial charge in [-0.3, -0.25) is 4.79 Å². The molecule has 1 rings (SSSR count). The van der Waals surface area contributed by atoms with E-state index in [1.165, 1.54) is 0 Å². The zero-order valence-electron chi connectivity index (χ0n) is 10.3. The Bertz CT molecular complexity index is 260. The van der Waals surface area contributed by atoms with Gasteiger partial charge in [-0.15, -0.1) is 0 Å². The number of aliphatic hydroxyl groups is 3. The summed E-state index contributed by atoms with van der Waals surface area (Å²) < 4.78 is 0. The molecule has 0 bridgehead atoms. The van der Waals surface area contributed by atoms with Crippen molar-refractivity contribution in [3.8, 4) is 0 Å². The van der Waals surface area contributed by atoms with Crippen LogP contribution in [0.15, 0.2) is 0 Å². The highest BCUT2D eigenvalue weighted by atomic mass is 16.3. The molecule has 1 amide bonds. The lowest BCUT2D eigenvalue weighted by Gasteiger charge is -2.16. The van der Waals surface area contributed by atoms with E-state index in [1.807, 2.05) is 13.8 Å². The number of carbonyl (C=O) groups is 1. The van der Waals surface area contributed by atoms with Gasteiger partial charge in [-0.1, -0.05) is 13.8 Å². The first-order chi connectivity index (χ1) is 7.95. The molecule has 6 heteroatoms. The van der Waals surface area contributed by atoms with Gasteiger partial charge in [-0.25, -0.2) is 0 Å². The summed E-state index contributed by atoms with van der Waals surface area (Å²) in [5.41, 5.74) is 0. The minimum absolute atomic E-state index is 0.0987. The molecule has 0 spiro atoms. The third-order valence-electron chi connectivity index (χ3n) is 2.91. The molecule has 0 aromatic carbocycles. The fourth-order valence-electron chi connectivity index (χ4n) is 1.88. The van der Waals surface area contributed by atoms with Gasteiger partial charge < -0.3 is 26.0 Å². The lowest BCUT2D eigenvalue weighted by atomic mass is 10.1. The number of hydrogen-bond acceptors (Lipinski definition) is 5. The summed E-state index contributed by atoms with van der Waals surface area (Å²) in [5, 5.41) is 33.8. The van der Waals surface area contributed by atoms with Crippen LogP contribution >= 0.6 is 0 Å². The first kappa shape index (κ1) is 14.4. The molecule has 0 saturated carbocycles. The van der Waals surface area contributed by atoms with Gasteiger partial charge >= 0.3 is 0 Å². The lowest BCUT2D eigenvalue weighted by molar-refractivity contribution is -0.122. The second-order valence-corrected chi connectivity index (χ2v) is 4.95. The highest BCUT2D eigenvalue weighted by Crippen LogP contribution is 2.16. The van der Waals surface area contributed by atoms with Crippen LogP contribution in [0.2, 0.25) is 0 Å². The van der Waals surface area contributed by atoms with Crippen molar-refractivity contribution in [3.63, 3.8) is 0 Å². The van der Waals surface area contributed by atoms with Crippen molar-refractivity contribution in [2.45, 2.75) is 44.6 Å². The Balaban J connectivity index is 2.39. The Morgan fingerprint density at radius 3 is 2.35 bits per heavy atom. The van der Waals surface area contributed by atoms with E-state index in [0.717, 1.165) is 0 Å². The van der Waals surface area contributed by atoms with Crippen LogP contribution in [0, 0.1) is 5.92 Å². The van der Waals surface area contributed by atoms with E-state index in [9.17, 15) is 15.0 Å². The fourth-order valence-corrected chi connectivity index (χ4v) is 1.88. The zero-order chi connectivity index (χ0) is 13.0. The van der Waals surface area contributed by atoms with E-state index < -0.39 is 24.3 Å². The van der Waals surface area contributed by atoms with Gasteiger partial charge in [0.15, 0.2) is 0 Å². The number of carbonyl (C=O) groups excluding carboxylic acids is 1. The SMILES string of the molecule is CC(C)CNC(=O)CC1NC(CO)C(O)C1O. The second-order valence-electron chi connectivity index (χ2n) is 4.95. The average molecular weight is 246 g/mol. The molecular weight excluding hydrogens is 224 g/mol. The highest BCUT2D eigenvalue weighted by molar-refractivity contribution is 5.76. The first-order valence-corrected chi connectivity index (χ1v) is 5.95. The molecule has 1 saturated heterocycles. The number of rotatable bonds is 5. The number of amides is 1. The van der Waals surface area contributed by atoms with E-state index in [0.29, 0.717) is 12.5 Å². The van der Waals surface area contributed by atoms with Crippen molar-refractivity contribution in [2.75, 3.05) is 13.2 Å². The molecule has 4 atom stereocenters. The Morgan fingerprint density at radius 1 is 1.29 bits per heavy atom. The van der Waals surface area contributed by atoms with Crippen LogP contribution in [-0.2, 0) is 4.79 Å². The number of aliphatic hydroxyl groups excluding tert-OH is 3. The summed E-state index contributed by atoms with van der Waals surface area (Å²) >= 11 is 0. The predicted octanol–water partition coefficient (Wildman–Crippen LogP) is -1.80. The molecule has 1 fully saturated rings. The standard InChI is InChI=1S/C11H22N2O4/c1-6(2)4-12-9(15)3-7-10(16)11(17)8(5-14)13-7/h6-8,10-11,13-14,16-17H,3-5H2,1-2H3,(H,12,15). The van der Waals surface area contributed by atoms with E-state index in [1.54, 1.807) is 0 Å². The minimum atomic E-state index is -1.03. The normalized spacial score (nSPS) is 33.1. The molecular formula is C11H22N2O4. The summed E-state index contributed by atoms with van der Waals surface area (Å²) in [6.45, 7) is 4.32. The topological polar surface area (TPSA) is 102 Å². The zero-order valence-corrected chi connectivity index (χ0v) is 10.3. The van der Waals surface area contributed by atoms with Crippen molar-refractivity contribution >= 4 is 5.91 Å². The third kappa shape index (κ3) is 3.92. The summed E-state index contributed by atoms with van der Waals surface area (Å²) in [4.78, 5) is 11.5. The number of nitrogens with one attached hydrogen (secondary N) is 2. The van der Waals surface area contributed by atoms with Gasteiger partial charge in [-0.2, -0.15) is 0 Å². The Morgan fingerprint density at radius 2 is 1.88 bits per heavy atom. The molecule has 5 N–H and O–H groups in total. The molecule has 0 aromatic heterocycles. The van der Waals surface area contributed by atoms with Gasteiger partial charge in [0, 0.05) is 19.0 Å². The molecule has 6 nitrogen and oxygen atoms in total. The van der Waals surface area contributed by atoms with Gasteiger partial charge in [-0.05, 0) is 5.92 Å². The van der Waals surface area contributed by atoms with E-state index >= 15 is 0 Å². The Kier molecular flexibility index (Phi) is 5.32. The fraction of sp³-hybridized carbons (Fsp3) is 0.909. The number of hydrogen-bond donors (Lipinski definition) is 5. The minimum Gasteiger partial charge on any atom is -0.395 e. The monoisotopic (exact) mass is 246 g/mol. The van der Waals surface area contributed by atoms with Crippen LogP contribution < -0.4 is 10.6 Å². The maximum absolute atomic E-state index is 11.5. The van der Waals surface area contributed by atoms with Crippen LogP contribution in [0.5, 0.6) is 0 Å². The van der Waals surface area contributed by atoms with Crippen molar-refractivity contribution in [2.24, 2.45) is 5.92 Å². The van der Waals surface area contributed by atoms with Gasteiger partial charge in [0.2, 0.25) is 5.91 Å². The molecule has 0 aliphatic carbocycles. The molecule has 17 heavy (non-hydrogen) atoms. The molecule has 1 heterocycles. The maximum Gasteiger partial charge on any atom is 0.221 e. The Hall–Kier alpha value is -0.690. The molecule has 0 aromatic rings. The molecule has 1 aliphatic rings. The smallest absolute Gasteiger partial charge is 0.221 e. The van der Waals surface area contributed by atoms with Crippen LogP contribution in [0.1, 0.15) is 20.3 Å². The summed E-state index contributed by atoms with van der Waals surface area (Å²) in [6, 6.07) is -1.07. The maximum atomic E-state index is 11.5. The van der Waals surface area contributed by atoms with Crippen molar-refractivity contribution in [1.82, 2.24) is 10.6 Å². The largest absolute Gasteiger partial charge is 0.395 e. The molecule has 0 radical (unpaired) electrons. The van der Waals surface area contributed by atoms with E-state index in [4.69, 9.17) is 5.11 Å². The summed E-state index contributed by atoms with van der Waals surface area (Å²) in [7, 11) is 0. The highest BCUT2D eigenvalue weighted by Gasteiger charge is 2.41. The van der Waals surface area contributed by atoms with Crippen molar-refractivity contribution < 1.29 is 20.1 Å². The van der Waals surface area contributed by atoms with E-state index in [-0.39, 0.29) is 18.9 Å². The quantitative estimate of drug-likeness (QED) is 0.394. The van der Waals surface area contributed by atoms with Gasteiger partial charge in [0.25, 0.3) is 0 Å². The van der Waals surface area contributed by atoms with Crippen LogP contribution in [0.25, 0.3) is 0 Å². The van der Waals surface area contributed by atoms with Crippen LogP contribution in [-0.4, -0.2) is 58.7 Å². The van der Waals surface area contributed by atoms with Crippen molar-refractivity contribution in [1.29, 1.82) is 0 Å². The summed E-state index contributed by atoms with van der Waals surface area (Å²) in [6.07, 6.45) is -1.94. The predicted molar refractivity (Wildman–Crippen MR) is 62.3 cm³/mol. The van der Waals surface area contributed by atoms with Crippen LogP contribution in [0.4, 0.5) is 0 Å². The molecule has 100 valence electrons. The van der Waals surface area contributed by atoms with Crippen LogP contribution in [0.3, 0.4) is 0 Å². The average Bonchev–Trinajstić information content (AvgIpc) is 2.54. The van der Waals surface area contributed by atoms with E-state index in [2.05, 4.69) is 10.6 Å². The van der Waals surface area contributed by atoms with Gasteiger partial charge in [0.1, 0.15) is 0 Å². The molecule has 1 aliphatic heterocycles. The lowest BCUT2D eigenvalue weighted by Crippen LogP contribution is -2.40. The Labute approximate surface area is 101 Å². The van der Waals surface area contributed by atoms with Crippen molar-refractivity contribution in [3.05, 3.63) is 0 Å². The first-order valence-electron chi connectivity index (χ1n) is 5.95. The van der Waals surface area contributed by atoms with Gasteiger partial charge in [0.05, 0.1) is 24.9 Å². The summed E-state index contributed by atoms with van der Waals surface area (Å²) in [5.74, 6) is 0.206. The second kappa shape index (κ2) is 6.30. The molecule has 4 unspecified atom stereocenters.